The molecule has 8 heteroatoms. The highest BCUT2D eigenvalue weighted by molar-refractivity contribution is 7.67. The van der Waals surface area contributed by atoms with Crippen LogP contribution in [0.4, 0.5) is 0 Å². The third-order valence-electron chi connectivity index (χ3n) is 6.16. The van der Waals surface area contributed by atoms with Crippen LogP contribution in [0.3, 0.4) is 0 Å². The normalized spacial score (nSPS) is 37.0. The van der Waals surface area contributed by atoms with Gasteiger partial charge >= 0.3 is 0 Å². The molecule has 0 radical (unpaired) electrons. The van der Waals surface area contributed by atoms with Crippen molar-refractivity contribution in [2.75, 3.05) is 6.61 Å². The summed E-state index contributed by atoms with van der Waals surface area (Å²) in [5.41, 5.74) is 0.975. The number of ether oxygens (including phenoxy) is 5. The summed E-state index contributed by atoms with van der Waals surface area (Å²) in [4.78, 5) is 0. The molecule has 0 bridgehead atoms. The van der Waals surface area contributed by atoms with E-state index in [1.165, 1.54) is 0 Å². The summed E-state index contributed by atoms with van der Waals surface area (Å²) < 4.78 is 52.0. The van der Waals surface area contributed by atoms with Gasteiger partial charge in [-0.25, -0.2) is 0 Å². The zero-order valence-corrected chi connectivity index (χ0v) is 20.3. The molecule has 3 aliphatic rings. The number of hydrogen-bond acceptors (Lipinski definition) is 7. The molecule has 3 saturated heterocycles. The van der Waals surface area contributed by atoms with Crippen LogP contribution in [0.25, 0.3) is 0 Å². The van der Waals surface area contributed by atoms with E-state index < -0.39 is 49.2 Å². The maximum atomic E-state index is 14.7. The van der Waals surface area contributed by atoms with Gasteiger partial charge in [0.15, 0.2) is 17.4 Å². The molecular formula is C25H31O7P. The lowest BCUT2D eigenvalue weighted by Gasteiger charge is -2.43. The molecule has 6 atom stereocenters. The minimum absolute atomic E-state index is 0.277. The fourth-order valence-corrected chi connectivity index (χ4v) is 7.36. The predicted molar refractivity (Wildman–Crippen MR) is 122 cm³/mol. The average molecular weight is 474 g/mol. The van der Waals surface area contributed by atoms with E-state index in [0.717, 1.165) is 5.56 Å². The summed E-state index contributed by atoms with van der Waals surface area (Å²) in [6.07, 6.45) is -2.20. The molecule has 0 aliphatic carbocycles. The molecule has 0 N–H and O–H groups in total. The van der Waals surface area contributed by atoms with E-state index in [4.69, 9.17) is 28.2 Å². The molecule has 0 amide bonds. The highest BCUT2D eigenvalue weighted by atomic mass is 31.2. The van der Waals surface area contributed by atoms with Crippen LogP contribution in [-0.2, 0) is 39.4 Å². The van der Waals surface area contributed by atoms with Crippen LogP contribution in [0.15, 0.2) is 60.7 Å². The molecule has 7 nitrogen and oxygen atoms in total. The van der Waals surface area contributed by atoms with E-state index in [-0.39, 0.29) is 6.61 Å². The van der Waals surface area contributed by atoms with Crippen molar-refractivity contribution < 1.29 is 32.8 Å². The Labute approximate surface area is 194 Å². The molecule has 178 valence electrons. The number of benzene rings is 2. The Morgan fingerprint density at radius 1 is 0.848 bits per heavy atom. The lowest BCUT2D eigenvalue weighted by molar-refractivity contribution is -0.174. The second kappa shape index (κ2) is 8.58. The number of fused-ring (bicyclic) bond motifs is 1. The number of hydrogen-bond donors (Lipinski definition) is 0. The van der Waals surface area contributed by atoms with Crippen LogP contribution in [0, 0.1) is 0 Å². The van der Waals surface area contributed by atoms with Crippen LogP contribution in [-0.4, -0.2) is 48.4 Å². The first-order valence-electron chi connectivity index (χ1n) is 11.3. The molecule has 2 aromatic rings. The highest BCUT2D eigenvalue weighted by Gasteiger charge is 2.63. The van der Waals surface area contributed by atoms with Crippen molar-refractivity contribution in [3.63, 3.8) is 0 Å². The maximum Gasteiger partial charge on any atom is 0.263 e. The first-order chi connectivity index (χ1) is 15.7. The molecule has 3 aliphatic heterocycles. The van der Waals surface area contributed by atoms with Crippen LogP contribution >= 0.6 is 7.37 Å². The zero-order chi connectivity index (χ0) is 23.3. The Morgan fingerprint density at radius 2 is 1.48 bits per heavy atom. The Bertz CT molecular complexity index is 1010. The van der Waals surface area contributed by atoms with Crippen molar-refractivity contribution in [3.8, 4) is 0 Å². The highest BCUT2D eigenvalue weighted by Crippen LogP contribution is 2.61. The van der Waals surface area contributed by atoms with Gasteiger partial charge in [-0.15, -0.1) is 0 Å². The molecule has 0 aromatic heterocycles. The zero-order valence-electron chi connectivity index (χ0n) is 19.4. The Morgan fingerprint density at radius 3 is 2.12 bits per heavy atom. The first kappa shape index (κ1) is 23.2. The van der Waals surface area contributed by atoms with Gasteiger partial charge < -0.3 is 28.2 Å². The molecule has 0 spiro atoms. The summed E-state index contributed by atoms with van der Waals surface area (Å²) >= 11 is 0. The van der Waals surface area contributed by atoms with Gasteiger partial charge in [0, 0.05) is 5.30 Å². The second-order valence-electron chi connectivity index (χ2n) is 9.62. The molecule has 3 fully saturated rings. The van der Waals surface area contributed by atoms with E-state index in [1.807, 2.05) is 88.4 Å². The smallest absolute Gasteiger partial charge is 0.263 e. The second-order valence-corrected chi connectivity index (χ2v) is 12.1. The van der Waals surface area contributed by atoms with Gasteiger partial charge in [0.25, 0.3) is 7.37 Å². The molecule has 33 heavy (non-hydrogen) atoms. The third kappa shape index (κ3) is 4.56. The Balaban J connectivity index is 1.53. The average Bonchev–Trinajstić information content (AvgIpc) is 3.31. The van der Waals surface area contributed by atoms with Gasteiger partial charge in [0.05, 0.1) is 13.2 Å². The lowest BCUT2D eigenvalue weighted by Crippen LogP contribution is -2.55. The summed E-state index contributed by atoms with van der Waals surface area (Å²) in [6.45, 7) is 7.99. The van der Waals surface area contributed by atoms with Crippen LogP contribution in [0.1, 0.15) is 33.3 Å². The van der Waals surface area contributed by atoms with Crippen molar-refractivity contribution >= 4 is 12.7 Å². The van der Waals surface area contributed by atoms with Gasteiger partial charge in [-0.05, 0) is 45.4 Å². The lowest BCUT2D eigenvalue weighted by atomic mass is 10.0. The van der Waals surface area contributed by atoms with E-state index in [1.54, 1.807) is 0 Å². The molecule has 2 aromatic carbocycles. The van der Waals surface area contributed by atoms with Crippen molar-refractivity contribution in [1.82, 2.24) is 0 Å². The largest absolute Gasteiger partial charge is 0.360 e. The van der Waals surface area contributed by atoms with E-state index in [2.05, 4.69) is 0 Å². The first-order valence-corrected chi connectivity index (χ1v) is 13.0. The summed E-state index contributed by atoms with van der Waals surface area (Å²) in [5.74, 6) is -2.47. The minimum Gasteiger partial charge on any atom is -0.360 e. The predicted octanol–water partition coefficient (Wildman–Crippen LogP) is 4.20. The molecule has 0 saturated carbocycles. The Hall–Kier alpha value is -1.57. The van der Waals surface area contributed by atoms with Crippen molar-refractivity contribution in [2.24, 2.45) is 0 Å². The van der Waals surface area contributed by atoms with Gasteiger partial charge in [-0.3, -0.25) is 4.57 Å². The minimum atomic E-state index is -3.55. The van der Waals surface area contributed by atoms with Gasteiger partial charge in [-0.2, -0.15) is 0 Å². The van der Waals surface area contributed by atoms with E-state index >= 15 is 0 Å². The van der Waals surface area contributed by atoms with E-state index in [9.17, 15) is 4.57 Å². The van der Waals surface area contributed by atoms with Gasteiger partial charge in [0.2, 0.25) is 0 Å². The Kier molecular flexibility index (Phi) is 6.03. The number of rotatable bonds is 5. The van der Waals surface area contributed by atoms with Crippen molar-refractivity contribution in [1.29, 1.82) is 0 Å². The molecule has 3 heterocycles. The molecule has 0 unspecified atom stereocenters. The van der Waals surface area contributed by atoms with Crippen LogP contribution < -0.4 is 5.30 Å². The van der Waals surface area contributed by atoms with Gasteiger partial charge in [0.1, 0.15) is 24.4 Å². The van der Waals surface area contributed by atoms with E-state index in [0.29, 0.717) is 11.9 Å². The summed E-state index contributed by atoms with van der Waals surface area (Å²) in [6, 6.07) is 19.0. The monoisotopic (exact) mass is 474 g/mol. The quantitative estimate of drug-likeness (QED) is 0.602. The topological polar surface area (TPSA) is 72.5 Å². The van der Waals surface area contributed by atoms with Gasteiger partial charge in [-0.1, -0.05) is 48.5 Å². The summed E-state index contributed by atoms with van der Waals surface area (Å²) in [5, 5.41) is 0.581. The summed E-state index contributed by atoms with van der Waals surface area (Å²) in [7, 11) is -3.55. The third-order valence-corrected chi connectivity index (χ3v) is 8.85. The SMILES string of the molecule is CC1(C)O[C@H]2[C@@H]([C@H]3COC(C)(C)O3)O[P@](=O)(c3ccccc3)[C@@H](OCc3ccccc3)[C@H]2O1. The standard InChI is InChI=1S/C25H31O7P/c1-24(2)28-16-19(29-24)20-21-22(31-25(3,4)30-21)23(27-15-17-11-7-5-8-12-17)33(26,32-20)18-13-9-6-10-14-18/h5-14,19-23H,15-16H2,1-4H3/t19-,20-,21+,22+,23-,33-/m1/s1. The van der Waals surface area contributed by atoms with Crippen molar-refractivity contribution in [3.05, 3.63) is 66.2 Å². The van der Waals surface area contributed by atoms with Crippen LogP contribution in [0.2, 0.25) is 0 Å². The molecular weight excluding hydrogens is 443 g/mol. The fraction of sp³-hybridized carbons (Fsp3) is 0.520. The van der Waals surface area contributed by atoms with Crippen molar-refractivity contribution in [2.45, 2.75) is 76.1 Å². The maximum absolute atomic E-state index is 14.7. The van der Waals surface area contributed by atoms with Crippen LogP contribution in [0.5, 0.6) is 0 Å². The molecule has 5 rings (SSSR count). The fourth-order valence-electron chi connectivity index (χ4n) is 4.74.